The van der Waals surface area contributed by atoms with Crippen molar-refractivity contribution in [1.29, 1.82) is 0 Å². The molecule has 0 aliphatic carbocycles. The molecule has 1 unspecified atom stereocenters. The lowest BCUT2D eigenvalue weighted by molar-refractivity contribution is 0.251. The van der Waals surface area contributed by atoms with Crippen LogP contribution in [0.4, 0.5) is 0 Å². The maximum Gasteiger partial charge on any atom is 0.168 e. The molecule has 0 bridgehead atoms. The molecule has 2 rings (SSSR count). The van der Waals surface area contributed by atoms with E-state index in [0.29, 0.717) is 29.8 Å². The van der Waals surface area contributed by atoms with Gasteiger partial charge >= 0.3 is 0 Å². The monoisotopic (exact) mass is 294 g/mol. The van der Waals surface area contributed by atoms with Crippen LogP contribution >= 0.6 is 35.8 Å². The molecule has 0 saturated carbocycles. The van der Waals surface area contributed by atoms with Crippen LogP contribution < -0.4 is 0 Å². The molecule has 98 valence electrons. The number of hydrogen-bond acceptors (Lipinski definition) is 3. The maximum absolute atomic E-state index is 5.99. The molecule has 0 aromatic heterocycles. The predicted molar refractivity (Wildman–Crippen MR) is 80.2 cm³/mol. The van der Waals surface area contributed by atoms with Crippen LogP contribution in [0.5, 0.6) is 0 Å². The van der Waals surface area contributed by atoms with Crippen molar-refractivity contribution in [3.8, 4) is 0 Å². The Morgan fingerprint density at radius 3 is 2.47 bits per heavy atom. The van der Waals surface area contributed by atoms with Crippen molar-refractivity contribution in [3.63, 3.8) is 0 Å². The van der Waals surface area contributed by atoms with Crippen molar-refractivity contribution in [2.45, 2.75) is 39.8 Å². The Labute approximate surface area is 119 Å². The number of rotatable bonds is 3. The van der Waals surface area contributed by atoms with Crippen LogP contribution in [-0.2, 0) is 0 Å². The van der Waals surface area contributed by atoms with Crippen LogP contribution in [0.15, 0.2) is 16.1 Å². The molecule has 2 nitrogen and oxygen atoms in total. The second-order valence-corrected chi connectivity index (χ2v) is 6.22. The predicted octanol–water partition coefficient (Wildman–Crippen LogP) is 3.96. The van der Waals surface area contributed by atoms with Crippen molar-refractivity contribution in [1.82, 2.24) is 4.90 Å². The second kappa shape index (κ2) is 5.85. The summed E-state index contributed by atoms with van der Waals surface area (Å²) in [6.45, 7) is 9.04. The fourth-order valence-electron chi connectivity index (χ4n) is 2.46. The van der Waals surface area contributed by atoms with Gasteiger partial charge in [0.1, 0.15) is 0 Å². The average Bonchev–Trinajstić information content (AvgIpc) is 2.73. The molecule has 2 aliphatic rings. The Morgan fingerprint density at radius 2 is 2.00 bits per heavy atom. The first-order chi connectivity index (χ1) is 7.56. The Kier molecular flexibility index (Phi) is 5.23. The second-order valence-electron chi connectivity index (χ2n) is 5.11. The van der Waals surface area contributed by atoms with Crippen LogP contribution in [-0.4, -0.2) is 28.0 Å². The summed E-state index contributed by atoms with van der Waals surface area (Å²) < 4.78 is 0. The molecule has 2 aliphatic heterocycles. The van der Waals surface area contributed by atoms with Crippen LogP contribution in [0.1, 0.15) is 27.7 Å². The number of amidine groups is 1. The largest absolute Gasteiger partial charge is 0.317 e. The van der Waals surface area contributed by atoms with E-state index in [1.165, 1.54) is 5.70 Å². The quantitative estimate of drug-likeness (QED) is 0.732. The first-order valence-electron chi connectivity index (χ1n) is 5.85. The first kappa shape index (κ1) is 15.2. The highest BCUT2D eigenvalue weighted by Crippen LogP contribution is 2.40. The molecule has 0 saturated heterocycles. The van der Waals surface area contributed by atoms with E-state index in [4.69, 9.17) is 16.6 Å². The lowest BCUT2D eigenvalue weighted by Crippen LogP contribution is -2.42. The number of allylic oxidation sites excluding steroid dienone is 1. The molecule has 0 spiro atoms. The van der Waals surface area contributed by atoms with E-state index in [-0.39, 0.29) is 12.4 Å². The van der Waals surface area contributed by atoms with Gasteiger partial charge in [0.15, 0.2) is 5.17 Å². The molecule has 5 heteroatoms. The molecule has 0 fully saturated rings. The van der Waals surface area contributed by atoms with Crippen molar-refractivity contribution in [3.05, 3.63) is 11.1 Å². The first-order valence-corrected chi connectivity index (χ1v) is 7.26. The van der Waals surface area contributed by atoms with Gasteiger partial charge in [-0.3, -0.25) is 4.99 Å². The molecule has 2 atom stereocenters. The highest BCUT2D eigenvalue weighted by Gasteiger charge is 2.43. The van der Waals surface area contributed by atoms with E-state index in [2.05, 4.69) is 38.0 Å². The zero-order valence-electron chi connectivity index (χ0n) is 10.7. The Balaban J connectivity index is 0.00000144. The lowest BCUT2D eigenvalue weighted by Gasteiger charge is -2.32. The van der Waals surface area contributed by atoms with E-state index < -0.39 is 0 Å². The summed E-state index contributed by atoms with van der Waals surface area (Å²) in [5.74, 6) is 1.77. The normalized spacial score (nSPS) is 27.1. The molecule has 0 radical (unpaired) electrons. The van der Waals surface area contributed by atoms with E-state index in [1.807, 2.05) is 0 Å². The standard InChI is InChI=1S/C12H19ClN2S.ClH/c1-7(2)10-11(8(3)4)15-9(5-13)6-16-12(15)14-10;/h6-8,10-11H,5H2,1-4H3;1H/t10?,11-;/m0./s1. The zero-order chi connectivity index (χ0) is 11.9. The fourth-order valence-corrected chi connectivity index (χ4v) is 3.73. The van der Waals surface area contributed by atoms with Gasteiger partial charge in [-0.25, -0.2) is 0 Å². The Bertz CT molecular complexity index is 339. The maximum atomic E-state index is 5.99. The van der Waals surface area contributed by atoms with Crippen LogP contribution in [0.2, 0.25) is 0 Å². The van der Waals surface area contributed by atoms with Gasteiger partial charge < -0.3 is 4.90 Å². The molecule has 2 heterocycles. The fraction of sp³-hybridized carbons (Fsp3) is 0.750. The Hall–Kier alpha value is 0.140. The van der Waals surface area contributed by atoms with Gasteiger partial charge in [0.2, 0.25) is 0 Å². The minimum absolute atomic E-state index is 0. The number of hydrogen-bond donors (Lipinski definition) is 0. The molecular formula is C12H20Cl2N2S. The minimum atomic E-state index is 0. The SMILES string of the molecule is CC(C)C1N=C2SC=C(CCl)N2[C@H]1C(C)C.Cl. The molecular weight excluding hydrogens is 275 g/mol. The van der Waals surface area contributed by atoms with Gasteiger partial charge in [0.25, 0.3) is 0 Å². The summed E-state index contributed by atoms with van der Waals surface area (Å²) in [6, 6.07) is 0.893. The van der Waals surface area contributed by atoms with E-state index in [1.54, 1.807) is 11.8 Å². The summed E-state index contributed by atoms with van der Waals surface area (Å²) in [5.41, 5.74) is 1.22. The van der Waals surface area contributed by atoms with Crippen molar-refractivity contribution in [2.24, 2.45) is 16.8 Å². The number of aliphatic imine (C=N–C) groups is 1. The molecule has 0 N–H and O–H groups in total. The molecule has 0 aromatic rings. The smallest absolute Gasteiger partial charge is 0.168 e. The van der Waals surface area contributed by atoms with Crippen molar-refractivity contribution < 1.29 is 0 Å². The highest BCUT2D eigenvalue weighted by molar-refractivity contribution is 8.16. The summed E-state index contributed by atoms with van der Waals surface area (Å²) in [7, 11) is 0. The number of halogens is 2. The third-order valence-corrected chi connectivity index (χ3v) is 4.40. The van der Waals surface area contributed by atoms with Crippen LogP contribution in [0, 0.1) is 11.8 Å². The Morgan fingerprint density at radius 1 is 1.35 bits per heavy atom. The number of nitrogens with zero attached hydrogens (tertiary/aromatic N) is 2. The van der Waals surface area contributed by atoms with Gasteiger partial charge in [-0.1, -0.05) is 39.5 Å². The summed E-state index contributed by atoms with van der Waals surface area (Å²) >= 11 is 7.71. The summed E-state index contributed by atoms with van der Waals surface area (Å²) in [6.07, 6.45) is 0. The van der Waals surface area contributed by atoms with Gasteiger partial charge in [-0.2, -0.15) is 0 Å². The molecule has 0 amide bonds. The summed E-state index contributed by atoms with van der Waals surface area (Å²) in [4.78, 5) is 7.20. The van der Waals surface area contributed by atoms with E-state index >= 15 is 0 Å². The third kappa shape index (κ3) is 2.61. The van der Waals surface area contributed by atoms with Gasteiger partial charge in [-0.05, 0) is 17.2 Å². The van der Waals surface area contributed by atoms with Gasteiger partial charge in [0, 0.05) is 5.70 Å². The van der Waals surface area contributed by atoms with Crippen molar-refractivity contribution >= 4 is 40.9 Å². The number of alkyl halides is 1. The number of thioether (sulfide) groups is 1. The summed E-state index contributed by atoms with van der Waals surface area (Å²) in [5, 5.41) is 3.28. The average molecular weight is 295 g/mol. The van der Waals surface area contributed by atoms with E-state index in [9.17, 15) is 0 Å². The van der Waals surface area contributed by atoms with Gasteiger partial charge in [-0.15, -0.1) is 24.0 Å². The lowest BCUT2D eigenvalue weighted by atomic mass is 9.89. The van der Waals surface area contributed by atoms with E-state index in [0.717, 1.165) is 5.17 Å². The van der Waals surface area contributed by atoms with Crippen molar-refractivity contribution in [2.75, 3.05) is 5.88 Å². The minimum Gasteiger partial charge on any atom is -0.317 e. The third-order valence-electron chi connectivity index (χ3n) is 3.23. The highest BCUT2D eigenvalue weighted by atomic mass is 35.5. The van der Waals surface area contributed by atoms with Gasteiger partial charge in [0.05, 0.1) is 18.0 Å². The van der Waals surface area contributed by atoms with Crippen LogP contribution in [0.3, 0.4) is 0 Å². The zero-order valence-corrected chi connectivity index (χ0v) is 13.1. The number of fused-ring (bicyclic) bond motifs is 1. The molecule has 17 heavy (non-hydrogen) atoms. The van der Waals surface area contributed by atoms with Crippen LogP contribution in [0.25, 0.3) is 0 Å². The molecule has 0 aromatic carbocycles. The topological polar surface area (TPSA) is 15.6 Å².